The van der Waals surface area contributed by atoms with Crippen LogP contribution >= 0.6 is 12.4 Å². The molecule has 1 aromatic carbocycles. The number of halogens is 5. The van der Waals surface area contributed by atoms with Gasteiger partial charge in [-0.2, -0.15) is 18.4 Å². The van der Waals surface area contributed by atoms with Crippen molar-refractivity contribution < 1.29 is 17.6 Å². The lowest BCUT2D eigenvalue weighted by Crippen LogP contribution is -2.20. The van der Waals surface area contributed by atoms with E-state index in [1.54, 1.807) is 6.07 Å². The van der Waals surface area contributed by atoms with E-state index < -0.39 is 24.5 Å². The zero-order valence-corrected chi connectivity index (χ0v) is 9.28. The summed E-state index contributed by atoms with van der Waals surface area (Å²) in [5.74, 6) is -0.773. The predicted molar refractivity (Wildman–Crippen MR) is 56.0 cm³/mol. The molecule has 0 saturated carbocycles. The summed E-state index contributed by atoms with van der Waals surface area (Å²) in [5.41, 5.74) is 5.09. The first-order valence-corrected chi connectivity index (χ1v) is 4.35. The fourth-order valence-electron chi connectivity index (χ4n) is 1.23. The highest BCUT2D eigenvalue weighted by Gasteiger charge is 2.31. The van der Waals surface area contributed by atoms with E-state index in [9.17, 15) is 17.6 Å². The van der Waals surface area contributed by atoms with Crippen LogP contribution in [0.5, 0.6) is 0 Å². The Morgan fingerprint density at radius 3 is 2.41 bits per heavy atom. The van der Waals surface area contributed by atoms with E-state index in [1.807, 2.05) is 0 Å². The van der Waals surface area contributed by atoms with E-state index in [1.165, 1.54) is 0 Å². The van der Waals surface area contributed by atoms with Crippen molar-refractivity contribution in [3.8, 4) is 6.07 Å². The molecule has 0 aromatic heterocycles. The van der Waals surface area contributed by atoms with Crippen molar-refractivity contribution in [2.45, 2.75) is 18.6 Å². The van der Waals surface area contributed by atoms with Crippen molar-refractivity contribution in [2.75, 3.05) is 0 Å². The highest BCUT2D eigenvalue weighted by molar-refractivity contribution is 5.85. The monoisotopic (exact) mass is 268 g/mol. The second-order valence-electron chi connectivity index (χ2n) is 3.28. The second kappa shape index (κ2) is 5.84. The minimum Gasteiger partial charge on any atom is -0.324 e. The molecule has 94 valence electrons. The number of hydrogen-bond acceptors (Lipinski definition) is 2. The lowest BCUT2D eigenvalue weighted by molar-refractivity contribution is -0.138. The molecule has 0 heterocycles. The van der Waals surface area contributed by atoms with Crippen LogP contribution in [0.4, 0.5) is 17.6 Å². The standard InChI is InChI=1S/C10H8F4N2.ClH/c11-8-2-1-6(3-7(8)5-15)9(16)4-10(12,13)14;/h1-3,9H,4,16H2;1H/t9-;/m0./s1. The molecular formula is C10H9ClF4N2. The molecule has 0 aliphatic carbocycles. The summed E-state index contributed by atoms with van der Waals surface area (Å²) in [7, 11) is 0. The molecule has 0 saturated heterocycles. The molecule has 1 atom stereocenters. The van der Waals surface area contributed by atoms with E-state index in [4.69, 9.17) is 11.0 Å². The molecular weight excluding hydrogens is 260 g/mol. The van der Waals surface area contributed by atoms with Crippen LogP contribution in [0, 0.1) is 17.1 Å². The Bertz CT molecular complexity index is 425. The average molecular weight is 269 g/mol. The minimum absolute atomic E-state index is 0. The fourth-order valence-corrected chi connectivity index (χ4v) is 1.23. The van der Waals surface area contributed by atoms with Crippen LogP contribution in [0.15, 0.2) is 18.2 Å². The number of alkyl halides is 3. The maximum atomic E-state index is 12.9. The van der Waals surface area contributed by atoms with Gasteiger partial charge in [-0.1, -0.05) is 6.07 Å². The van der Waals surface area contributed by atoms with E-state index in [2.05, 4.69) is 0 Å². The van der Waals surface area contributed by atoms with Gasteiger partial charge in [-0.15, -0.1) is 12.4 Å². The Hall–Kier alpha value is -1.32. The van der Waals surface area contributed by atoms with Gasteiger partial charge in [-0.05, 0) is 17.7 Å². The Balaban J connectivity index is 0.00000256. The Morgan fingerprint density at radius 2 is 1.94 bits per heavy atom. The summed E-state index contributed by atoms with van der Waals surface area (Å²) in [6.45, 7) is 0. The predicted octanol–water partition coefficient (Wildman–Crippen LogP) is 3.07. The normalized spacial score (nSPS) is 12.5. The van der Waals surface area contributed by atoms with Gasteiger partial charge in [0.15, 0.2) is 0 Å². The summed E-state index contributed by atoms with van der Waals surface area (Å²) in [6, 6.07) is 3.37. The number of rotatable bonds is 2. The van der Waals surface area contributed by atoms with Gasteiger partial charge >= 0.3 is 6.18 Å². The zero-order valence-electron chi connectivity index (χ0n) is 8.46. The van der Waals surface area contributed by atoms with Crippen LogP contribution < -0.4 is 5.73 Å². The number of nitriles is 1. The Kier molecular flexibility index (Phi) is 5.39. The van der Waals surface area contributed by atoms with Crippen LogP contribution in [0.1, 0.15) is 23.6 Å². The first-order chi connectivity index (χ1) is 7.33. The molecule has 1 aromatic rings. The topological polar surface area (TPSA) is 49.8 Å². The largest absolute Gasteiger partial charge is 0.390 e. The first kappa shape index (κ1) is 15.7. The lowest BCUT2D eigenvalue weighted by atomic mass is 10.0. The SMILES string of the molecule is Cl.N#Cc1cc([C@@H](N)CC(F)(F)F)ccc1F. The van der Waals surface area contributed by atoms with Crippen LogP contribution in [-0.2, 0) is 0 Å². The van der Waals surface area contributed by atoms with Crippen LogP contribution in [0.3, 0.4) is 0 Å². The van der Waals surface area contributed by atoms with Gasteiger partial charge < -0.3 is 5.73 Å². The molecule has 0 spiro atoms. The van der Waals surface area contributed by atoms with Gasteiger partial charge in [-0.3, -0.25) is 0 Å². The number of hydrogen-bond donors (Lipinski definition) is 1. The molecule has 2 N–H and O–H groups in total. The quantitative estimate of drug-likeness (QED) is 0.838. The smallest absolute Gasteiger partial charge is 0.324 e. The molecule has 2 nitrogen and oxygen atoms in total. The van der Waals surface area contributed by atoms with Crippen molar-refractivity contribution in [1.29, 1.82) is 5.26 Å². The van der Waals surface area contributed by atoms with Crippen molar-refractivity contribution in [2.24, 2.45) is 5.73 Å². The van der Waals surface area contributed by atoms with Crippen molar-refractivity contribution in [1.82, 2.24) is 0 Å². The number of nitrogens with zero attached hydrogens (tertiary/aromatic N) is 1. The molecule has 0 radical (unpaired) electrons. The Morgan fingerprint density at radius 1 is 1.35 bits per heavy atom. The summed E-state index contributed by atoms with van der Waals surface area (Å²) in [4.78, 5) is 0. The van der Waals surface area contributed by atoms with E-state index in [0.717, 1.165) is 18.2 Å². The zero-order chi connectivity index (χ0) is 12.3. The van der Waals surface area contributed by atoms with Gasteiger partial charge in [0.25, 0.3) is 0 Å². The lowest BCUT2D eigenvalue weighted by Gasteiger charge is -2.14. The average Bonchev–Trinajstić information content (AvgIpc) is 2.15. The molecule has 0 aliphatic heterocycles. The van der Waals surface area contributed by atoms with Crippen LogP contribution in [-0.4, -0.2) is 6.18 Å². The molecule has 0 fully saturated rings. The molecule has 0 amide bonds. The van der Waals surface area contributed by atoms with Crippen molar-refractivity contribution in [3.63, 3.8) is 0 Å². The molecule has 0 aliphatic rings. The fraction of sp³-hybridized carbons (Fsp3) is 0.300. The summed E-state index contributed by atoms with van der Waals surface area (Å²) in [6.07, 6.45) is -5.59. The number of nitrogens with two attached hydrogens (primary N) is 1. The molecule has 0 bridgehead atoms. The van der Waals surface area contributed by atoms with Gasteiger partial charge in [0, 0.05) is 6.04 Å². The van der Waals surface area contributed by atoms with Gasteiger partial charge in [-0.25, -0.2) is 4.39 Å². The summed E-state index contributed by atoms with van der Waals surface area (Å²) >= 11 is 0. The van der Waals surface area contributed by atoms with Crippen molar-refractivity contribution in [3.05, 3.63) is 35.1 Å². The summed E-state index contributed by atoms with van der Waals surface area (Å²) in [5, 5.41) is 8.50. The van der Waals surface area contributed by atoms with E-state index in [0.29, 0.717) is 0 Å². The highest BCUT2D eigenvalue weighted by atomic mass is 35.5. The third kappa shape index (κ3) is 4.59. The third-order valence-electron chi connectivity index (χ3n) is 1.99. The second-order valence-corrected chi connectivity index (χ2v) is 3.28. The van der Waals surface area contributed by atoms with Crippen LogP contribution in [0.25, 0.3) is 0 Å². The van der Waals surface area contributed by atoms with E-state index in [-0.39, 0.29) is 23.5 Å². The number of benzene rings is 1. The van der Waals surface area contributed by atoms with Gasteiger partial charge in [0.05, 0.1) is 12.0 Å². The van der Waals surface area contributed by atoms with E-state index >= 15 is 0 Å². The van der Waals surface area contributed by atoms with Gasteiger partial charge in [0.2, 0.25) is 0 Å². The van der Waals surface area contributed by atoms with Crippen LogP contribution in [0.2, 0.25) is 0 Å². The minimum atomic E-state index is -4.39. The summed E-state index contributed by atoms with van der Waals surface area (Å²) < 4.78 is 49.0. The maximum absolute atomic E-state index is 12.9. The molecule has 17 heavy (non-hydrogen) atoms. The Labute approximate surface area is 101 Å². The third-order valence-corrected chi connectivity index (χ3v) is 1.99. The maximum Gasteiger partial charge on any atom is 0.390 e. The molecule has 1 rings (SSSR count). The molecule has 7 heteroatoms. The van der Waals surface area contributed by atoms with Gasteiger partial charge in [0.1, 0.15) is 11.9 Å². The molecule has 0 unspecified atom stereocenters. The highest BCUT2D eigenvalue weighted by Crippen LogP contribution is 2.28. The van der Waals surface area contributed by atoms with Crippen molar-refractivity contribution >= 4 is 12.4 Å². The first-order valence-electron chi connectivity index (χ1n) is 4.35.